The summed E-state index contributed by atoms with van der Waals surface area (Å²) in [5.74, 6) is -0.805. The molecule has 4 rings (SSSR count). The van der Waals surface area contributed by atoms with Crippen LogP contribution < -0.4 is 5.32 Å². The third kappa shape index (κ3) is 3.69. The fraction of sp³-hybridized carbons (Fsp3) is 0.316. The van der Waals surface area contributed by atoms with Crippen molar-refractivity contribution >= 4 is 32.6 Å². The Labute approximate surface area is 185 Å². The van der Waals surface area contributed by atoms with Gasteiger partial charge in [-0.15, -0.1) is 0 Å². The number of hydrogen-bond donors (Lipinski definition) is 1. The van der Waals surface area contributed by atoms with E-state index < -0.39 is 27.5 Å². The van der Waals surface area contributed by atoms with Crippen LogP contribution in [0.5, 0.6) is 0 Å². The van der Waals surface area contributed by atoms with Gasteiger partial charge in [0.05, 0.1) is 11.3 Å². The fourth-order valence-electron chi connectivity index (χ4n) is 3.35. The first-order valence-corrected chi connectivity index (χ1v) is 11.4. The summed E-state index contributed by atoms with van der Waals surface area (Å²) in [5.41, 5.74) is -0.940. The minimum atomic E-state index is -4.62. The predicted octanol–water partition coefficient (Wildman–Crippen LogP) is 2.24. The topological polar surface area (TPSA) is 124 Å². The van der Waals surface area contributed by atoms with Crippen LogP contribution in [0.15, 0.2) is 29.6 Å². The maximum absolute atomic E-state index is 13.1. The van der Waals surface area contributed by atoms with Crippen molar-refractivity contribution in [2.24, 2.45) is 7.05 Å². The molecule has 0 saturated heterocycles. The first-order valence-electron chi connectivity index (χ1n) is 9.78. The smallest absolute Gasteiger partial charge is 0.351 e. The molecule has 0 aliphatic heterocycles. The zero-order chi connectivity index (χ0) is 24.1. The summed E-state index contributed by atoms with van der Waals surface area (Å²) >= 11 is 0. The lowest BCUT2D eigenvalue weighted by molar-refractivity contribution is -0.137. The van der Waals surface area contributed by atoms with Crippen molar-refractivity contribution in [3.63, 3.8) is 0 Å². The Morgan fingerprint density at radius 1 is 1.18 bits per heavy atom. The average molecular weight is 481 g/mol. The van der Waals surface area contributed by atoms with Gasteiger partial charge in [-0.05, 0) is 19.1 Å². The van der Waals surface area contributed by atoms with E-state index in [1.807, 2.05) is 0 Å². The predicted molar refractivity (Wildman–Crippen MR) is 111 cm³/mol. The van der Waals surface area contributed by atoms with Crippen LogP contribution in [0.25, 0.3) is 28.2 Å². The second kappa shape index (κ2) is 7.79. The maximum Gasteiger partial charge on any atom is 0.417 e. The molecule has 4 aromatic heterocycles. The van der Waals surface area contributed by atoms with E-state index in [1.54, 1.807) is 6.92 Å². The molecule has 174 valence electrons. The van der Waals surface area contributed by atoms with E-state index in [0.717, 1.165) is 10.6 Å². The highest BCUT2D eigenvalue weighted by molar-refractivity contribution is 7.91. The minimum absolute atomic E-state index is 0.000556. The van der Waals surface area contributed by atoms with Gasteiger partial charge < -0.3 is 9.88 Å². The Bertz CT molecular complexity index is 1510. The molecule has 4 heterocycles. The minimum Gasteiger partial charge on any atom is -0.351 e. The number of aromatic nitrogens is 6. The quantitative estimate of drug-likeness (QED) is 0.464. The summed E-state index contributed by atoms with van der Waals surface area (Å²) in [6, 6.07) is 2.21. The van der Waals surface area contributed by atoms with Crippen molar-refractivity contribution in [1.82, 2.24) is 34.4 Å². The molecule has 4 aromatic rings. The van der Waals surface area contributed by atoms with E-state index in [0.29, 0.717) is 12.7 Å². The molecular weight excluding hydrogens is 463 g/mol. The van der Waals surface area contributed by atoms with Crippen LogP contribution in [0.2, 0.25) is 0 Å². The molecule has 0 saturated carbocycles. The number of carbonyl (C=O) groups excluding carboxylic acids is 1. The summed E-state index contributed by atoms with van der Waals surface area (Å²) in [6.07, 6.45) is -2.63. The summed E-state index contributed by atoms with van der Waals surface area (Å²) in [7, 11) is -2.45. The average Bonchev–Trinajstić information content (AvgIpc) is 3.31. The highest BCUT2D eigenvalue weighted by Gasteiger charge is 2.33. The first kappa shape index (κ1) is 22.6. The van der Waals surface area contributed by atoms with Crippen LogP contribution in [0.4, 0.5) is 13.2 Å². The lowest BCUT2D eigenvalue weighted by Crippen LogP contribution is -2.25. The van der Waals surface area contributed by atoms with Gasteiger partial charge in [0.15, 0.2) is 26.2 Å². The molecule has 0 fully saturated rings. The second-order valence-corrected chi connectivity index (χ2v) is 9.26. The number of nitrogens with zero attached hydrogens (tertiary/aromatic N) is 6. The third-order valence-electron chi connectivity index (χ3n) is 4.99. The number of carbonyl (C=O) groups is 1. The number of amides is 1. The molecular formula is C19H18F3N7O3S. The van der Waals surface area contributed by atoms with Gasteiger partial charge in [-0.2, -0.15) is 18.3 Å². The van der Waals surface area contributed by atoms with Gasteiger partial charge in [-0.3, -0.25) is 4.79 Å². The van der Waals surface area contributed by atoms with Crippen LogP contribution in [-0.4, -0.2) is 55.8 Å². The van der Waals surface area contributed by atoms with Crippen molar-refractivity contribution < 1.29 is 26.4 Å². The van der Waals surface area contributed by atoms with Gasteiger partial charge in [-0.25, -0.2) is 27.9 Å². The van der Waals surface area contributed by atoms with E-state index in [9.17, 15) is 26.4 Å². The van der Waals surface area contributed by atoms with Gasteiger partial charge in [0.25, 0.3) is 5.91 Å². The summed E-state index contributed by atoms with van der Waals surface area (Å²) in [5, 5.41) is 6.38. The Hall–Kier alpha value is -3.55. The molecule has 1 N–H and O–H groups in total. The molecule has 10 nitrogen and oxygen atoms in total. The van der Waals surface area contributed by atoms with Crippen LogP contribution in [0.1, 0.15) is 29.9 Å². The van der Waals surface area contributed by atoms with E-state index >= 15 is 0 Å². The molecule has 0 aliphatic rings. The van der Waals surface area contributed by atoms with E-state index in [1.165, 1.54) is 30.8 Å². The highest BCUT2D eigenvalue weighted by Crippen LogP contribution is 2.34. The lowest BCUT2D eigenvalue weighted by atomic mass is 10.2. The Morgan fingerprint density at radius 2 is 1.91 bits per heavy atom. The molecule has 33 heavy (non-hydrogen) atoms. The summed E-state index contributed by atoms with van der Waals surface area (Å²) in [4.78, 5) is 24.8. The standard InChI is InChI=1S/C19H18F3N7O3S/c1-4-23-17(30)12-6-7-24-15-13(18(27-29(12)15)33(31,32)5-2)16-26-11-8-10(19(20,21)22)9-25-14(11)28(16)3/h6-9H,4-5H2,1-3H3,(H,23,30). The first-order chi connectivity index (χ1) is 15.5. The number of pyridine rings is 1. The molecule has 0 atom stereocenters. The number of rotatable bonds is 5. The fourth-order valence-corrected chi connectivity index (χ4v) is 4.33. The van der Waals surface area contributed by atoms with Crippen LogP contribution in [0.3, 0.4) is 0 Å². The van der Waals surface area contributed by atoms with Crippen molar-refractivity contribution in [3.8, 4) is 11.4 Å². The van der Waals surface area contributed by atoms with Gasteiger partial charge in [-0.1, -0.05) is 6.92 Å². The van der Waals surface area contributed by atoms with E-state index in [2.05, 4.69) is 25.4 Å². The summed E-state index contributed by atoms with van der Waals surface area (Å²) in [6.45, 7) is 3.47. The Morgan fingerprint density at radius 3 is 2.55 bits per heavy atom. The number of imidazole rings is 1. The Kier molecular flexibility index (Phi) is 5.35. The number of aryl methyl sites for hydroxylation is 1. The number of sulfone groups is 1. The number of fused-ring (bicyclic) bond motifs is 2. The number of alkyl halides is 3. The number of hydrogen-bond acceptors (Lipinski definition) is 7. The lowest BCUT2D eigenvalue weighted by Gasteiger charge is -2.05. The van der Waals surface area contributed by atoms with Crippen molar-refractivity contribution in [3.05, 3.63) is 35.8 Å². The molecule has 14 heteroatoms. The van der Waals surface area contributed by atoms with Gasteiger partial charge >= 0.3 is 6.18 Å². The Balaban J connectivity index is 2.07. The normalized spacial score (nSPS) is 12.5. The second-order valence-electron chi connectivity index (χ2n) is 7.07. The van der Waals surface area contributed by atoms with Crippen molar-refractivity contribution in [2.75, 3.05) is 12.3 Å². The van der Waals surface area contributed by atoms with Crippen LogP contribution >= 0.6 is 0 Å². The molecule has 0 aliphatic carbocycles. The van der Waals surface area contributed by atoms with E-state index in [4.69, 9.17) is 0 Å². The third-order valence-corrected chi connectivity index (χ3v) is 6.63. The van der Waals surface area contributed by atoms with Gasteiger partial charge in [0, 0.05) is 26.0 Å². The molecule has 0 bridgehead atoms. The van der Waals surface area contributed by atoms with Crippen LogP contribution in [0, 0.1) is 0 Å². The monoisotopic (exact) mass is 481 g/mol. The summed E-state index contributed by atoms with van der Waals surface area (Å²) < 4.78 is 67.6. The zero-order valence-corrected chi connectivity index (χ0v) is 18.5. The maximum atomic E-state index is 13.1. The zero-order valence-electron chi connectivity index (χ0n) is 17.7. The molecule has 1 amide bonds. The van der Waals surface area contributed by atoms with Gasteiger partial charge in [0.1, 0.15) is 22.6 Å². The SMILES string of the molecule is CCNC(=O)c1ccnc2c(-c3nc4cc(C(F)(F)F)cnc4n3C)c(S(=O)(=O)CC)nn12. The molecule has 0 aromatic carbocycles. The number of nitrogens with one attached hydrogen (secondary N) is 1. The van der Waals surface area contributed by atoms with E-state index in [-0.39, 0.29) is 44.7 Å². The molecule has 0 radical (unpaired) electrons. The molecule has 0 unspecified atom stereocenters. The largest absolute Gasteiger partial charge is 0.417 e. The van der Waals surface area contributed by atoms with Crippen molar-refractivity contribution in [1.29, 1.82) is 0 Å². The molecule has 0 spiro atoms. The number of halogens is 3. The van der Waals surface area contributed by atoms with Gasteiger partial charge in [0.2, 0.25) is 0 Å². The van der Waals surface area contributed by atoms with Crippen LogP contribution in [-0.2, 0) is 23.1 Å². The van der Waals surface area contributed by atoms with Crippen molar-refractivity contribution in [2.45, 2.75) is 25.0 Å². The highest BCUT2D eigenvalue weighted by atomic mass is 32.2.